The summed E-state index contributed by atoms with van der Waals surface area (Å²) in [6.45, 7) is 3.49. The van der Waals surface area contributed by atoms with E-state index >= 15 is 0 Å². The van der Waals surface area contributed by atoms with Gasteiger partial charge in [-0.25, -0.2) is 4.39 Å². The Hall–Kier alpha value is -1.74. The molecule has 0 aromatic heterocycles. The zero-order chi connectivity index (χ0) is 15.1. The average molecular weight is 308 g/mol. The monoisotopic (exact) mass is 307 g/mol. The summed E-state index contributed by atoms with van der Waals surface area (Å²) < 4.78 is 18.8. The van der Waals surface area contributed by atoms with Gasteiger partial charge in [-0.3, -0.25) is 0 Å². The fourth-order valence-corrected chi connectivity index (χ4v) is 2.12. The van der Waals surface area contributed by atoms with Crippen molar-refractivity contribution in [1.29, 1.82) is 0 Å². The number of halogens is 2. The topological polar surface area (TPSA) is 21.3 Å². The van der Waals surface area contributed by atoms with Gasteiger partial charge in [0.1, 0.15) is 11.6 Å². The second kappa shape index (κ2) is 7.89. The Morgan fingerprint density at radius 2 is 1.90 bits per heavy atom. The second-order valence-corrected chi connectivity index (χ2v) is 5.29. The van der Waals surface area contributed by atoms with Gasteiger partial charge in [0.05, 0.1) is 6.61 Å². The number of anilines is 1. The first-order valence-corrected chi connectivity index (χ1v) is 7.47. The molecule has 0 atom stereocenters. The van der Waals surface area contributed by atoms with E-state index in [0.717, 1.165) is 30.8 Å². The van der Waals surface area contributed by atoms with E-state index in [1.807, 2.05) is 24.3 Å². The maximum Gasteiger partial charge on any atom is 0.126 e. The lowest BCUT2D eigenvalue weighted by molar-refractivity contribution is 0.309. The van der Waals surface area contributed by atoms with Gasteiger partial charge in [-0.05, 0) is 42.3 Å². The predicted octanol–water partition coefficient (Wildman–Crippen LogP) is 5.27. The van der Waals surface area contributed by atoms with E-state index in [0.29, 0.717) is 17.3 Å². The Morgan fingerprint density at radius 1 is 1.14 bits per heavy atom. The van der Waals surface area contributed by atoms with Crippen molar-refractivity contribution in [2.75, 3.05) is 11.9 Å². The van der Waals surface area contributed by atoms with Crippen LogP contribution in [-0.2, 0) is 6.54 Å². The molecular formula is C17H19ClFNO. The van der Waals surface area contributed by atoms with Gasteiger partial charge in [-0.1, -0.05) is 37.1 Å². The van der Waals surface area contributed by atoms with E-state index in [-0.39, 0.29) is 5.82 Å². The zero-order valence-electron chi connectivity index (χ0n) is 12.0. The molecule has 0 aliphatic rings. The van der Waals surface area contributed by atoms with Crippen LogP contribution in [0, 0.1) is 5.82 Å². The van der Waals surface area contributed by atoms with Crippen LogP contribution in [0.4, 0.5) is 10.1 Å². The molecule has 1 N–H and O–H groups in total. The summed E-state index contributed by atoms with van der Waals surface area (Å²) in [5.41, 5.74) is 1.77. The molecule has 0 aliphatic heterocycles. The molecule has 0 bridgehead atoms. The number of hydrogen-bond acceptors (Lipinski definition) is 2. The Morgan fingerprint density at radius 3 is 2.57 bits per heavy atom. The van der Waals surface area contributed by atoms with Gasteiger partial charge in [-0.15, -0.1) is 0 Å². The summed E-state index contributed by atoms with van der Waals surface area (Å²) in [5, 5.41) is 3.54. The van der Waals surface area contributed by atoms with Crippen LogP contribution < -0.4 is 10.1 Å². The SMILES string of the molecule is CCCCOc1ccc(CNc2cc(F)cc(Cl)c2)cc1. The molecule has 112 valence electrons. The lowest BCUT2D eigenvalue weighted by Crippen LogP contribution is -2.00. The summed E-state index contributed by atoms with van der Waals surface area (Å²) in [6.07, 6.45) is 2.18. The van der Waals surface area contributed by atoms with Crippen LogP contribution in [0.2, 0.25) is 5.02 Å². The molecule has 0 amide bonds. The first-order valence-electron chi connectivity index (χ1n) is 7.09. The quantitative estimate of drug-likeness (QED) is 0.704. The highest BCUT2D eigenvalue weighted by atomic mass is 35.5. The number of hydrogen-bond donors (Lipinski definition) is 1. The molecule has 2 aromatic rings. The van der Waals surface area contributed by atoms with E-state index in [1.54, 1.807) is 6.07 Å². The molecule has 0 fully saturated rings. The average Bonchev–Trinajstić information content (AvgIpc) is 2.46. The van der Waals surface area contributed by atoms with Crippen LogP contribution in [0.5, 0.6) is 5.75 Å². The van der Waals surface area contributed by atoms with Gasteiger partial charge in [0.2, 0.25) is 0 Å². The maximum absolute atomic E-state index is 13.2. The van der Waals surface area contributed by atoms with Crippen molar-refractivity contribution in [3.05, 3.63) is 58.9 Å². The van der Waals surface area contributed by atoms with Gasteiger partial charge < -0.3 is 10.1 Å². The molecule has 0 spiro atoms. The molecule has 0 saturated carbocycles. The van der Waals surface area contributed by atoms with Crippen LogP contribution in [0.1, 0.15) is 25.3 Å². The molecular weight excluding hydrogens is 289 g/mol. The first kappa shape index (κ1) is 15.6. The summed E-state index contributed by atoms with van der Waals surface area (Å²) in [5.74, 6) is 0.533. The fraction of sp³-hybridized carbons (Fsp3) is 0.294. The van der Waals surface area contributed by atoms with Crippen LogP contribution in [-0.4, -0.2) is 6.61 Å². The normalized spacial score (nSPS) is 10.4. The van der Waals surface area contributed by atoms with Crippen molar-refractivity contribution < 1.29 is 9.13 Å². The summed E-state index contributed by atoms with van der Waals surface area (Å²) in [4.78, 5) is 0. The zero-order valence-corrected chi connectivity index (χ0v) is 12.8. The third-order valence-electron chi connectivity index (χ3n) is 3.05. The highest BCUT2D eigenvalue weighted by molar-refractivity contribution is 6.30. The standard InChI is InChI=1S/C17H19ClFNO/c1-2-3-8-21-17-6-4-13(5-7-17)12-20-16-10-14(18)9-15(19)11-16/h4-7,9-11,20H,2-3,8,12H2,1H3. The molecule has 0 unspecified atom stereocenters. The van der Waals surface area contributed by atoms with Gasteiger partial charge in [0.25, 0.3) is 0 Å². The molecule has 2 nitrogen and oxygen atoms in total. The van der Waals surface area contributed by atoms with E-state index in [4.69, 9.17) is 16.3 Å². The number of unbranched alkanes of at least 4 members (excludes halogenated alkanes) is 1. The molecule has 21 heavy (non-hydrogen) atoms. The van der Waals surface area contributed by atoms with Crippen LogP contribution >= 0.6 is 11.6 Å². The van der Waals surface area contributed by atoms with Crippen LogP contribution in [0.25, 0.3) is 0 Å². The third kappa shape index (κ3) is 5.27. The van der Waals surface area contributed by atoms with Crippen molar-refractivity contribution in [3.63, 3.8) is 0 Å². The summed E-state index contributed by atoms with van der Waals surface area (Å²) in [7, 11) is 0. The van der Waals surface area contributed by atoms with Crippen LogP contribution in [0.15, 0.2) is 42.5 Å². The third-order valence-corrected chi connectivity index (χ3v) is 3.27. The minimum Gasteiger partial charge on any atom is -0.494 e. The van der Waals surface area contributed by atoms with Gasteiger partial charge in [0.15, 0.2) is 0 Å². The first-order chi connectivity index (χ1) is 10.2. The molecule has 2 rings (SSSR count). The molecule has 0 saturated heterocycles. The van der Waals surface area contributed by atoms with Gasteiger partial charge in [-0.2, -0.15) is 0 Å². The Kier molecular flexibility index (Phi) is 5.88. The summed E-state index contributed by atoms with van der Waals surface area (Å²) in [6, 6.07) is 12.3. The second-order valence-electron chi connectivity index (χ2n) is 4.86. The van der Waals surface area contributed by atoms with Crippen LogP contribution in [0.3, 0.4) is 0 Å². The van der Waals surface area contributed by atoms with E-state index in [9.17, 15) is 4.39 Å². The highest BCUT2D eigenvalue weighted by Gasteiger charge is 2.00. The number of rotatable bonds is 7. The molecule has 4 heteroatoms. The smallest absolute Gasteiger partial charge is 0.126 e. The van der Waals surface area contributed by atoms with E-state index in [2.05, 4.69) is 12.2 Å². The predicted molar refractivity (Wildman–Crippen MR) is 85.6 cm³/mol. The largest absolute Gasteiger partial charge is 0.494 e. The van der Waals surface area contributed by atoms with Crippen molar-refractivity contribution in [2.45, 2.75) is 26.3 Å². The fourth-order valence-electron chi connectivity index (χ4n) is 1.90. The Bertz CT molecular complexity index is 551. The Balaban J connectivity index is 1.88. The number of nitrogens with one attached hydrogen (secondary N) is 1. The minimum absolute atomic E-state index is 0.343. The molecule has 0 radical (unpaired) electrons. The van der Waals surface area contributed by atoms with Gasteiger partial charge >= 0.3 is 0 Å². The van der Waals surface area contributed by atoms with Crippen molar-refractivity contribution >= 4 is 17.3 Å². The van der Waals surface area contributed by atoms with Crippen molar-refractivity contribution in [3.8, 4) is 5.75 Å². The van der Waals surface area contributed by atoms with Crippen molar-refractivity contribution in [2.24, 2.45) is 0 Å². The summed E-state index contributed by atoms with van der Waals surface area (Å²) >= 11 is 5.82. The minimum atomic E-state index is -0.343. The lowest BCUT2D eigenvalue weighted by atomic mass is 10.2. The maximum atomic E-state index is 13.2. The van der Waals surface area contributed by atoms with E-state index < -0.39 is 0 Å². The highest BCUT2D eigenvalue weighted by Crippen LogP contribution is 2.19. The molecule has 2 aromatic carbocycles. The Labute approximate surface area is 129 Å². The number of benzene rings is 2. The van der Waals surface area contributed by atoms with Gasteiger partial charge in [0, 0.05) is 17.3 Å². The van der Waals surface area contributed by atoms with Crippen molar-refractivity contribution in [1.82, 2.24) is 0 Å². The number of ether oxygens (including phenoxy) is 1. The molecule has 0 aliphatic carbocycles. The lowest BCUT2D eigenvalue weighted by Gasteiger charge is -2.09. The van der Waals surface area contributed by atoms with E-state index in [1.165, 1.54) is 12.1 Å². The molecule has 0 heterocycles.